The maximum atomic E-state index is 4.46. The number of imidazole rings is 1. The molecule has 0 unspecified atom stereocenters. The molecule has 2 heterocycles. The van der Waals surface area contributed by atoms with Crippen molar-refractivity contribution in [2.45, 2.75) is 32.7 Å². The second-order valence-electron chi connectivity index (χ2n) is 4.33. The van der Waals surface area contributed by atoms with E-state index < -0.39 is 0 Å². The zero-order chi connectivity index (χ0) is 9.71. The zero-order valence-corrected chi connectivity index (χ0v) is 8.62. The van der Waals surface area contributed by atoms with Gasteiger partial charge in [-0.15, -0.1) is 0 Å². The van der Waals surface area contributed by atoms with Crippen molar-refractivity contribution in [3.63, 3.8) is 0 Å². The summed E-state index contributed by atoms with van der Waals surface area (Å²) in [6.07, 6.45) is 4.42. The Morgan fingerprint density at radius 1 is 1.43 bits per heavy atom. The van der Waals surface area contributed by atoms with Crippen molar-refractivity contribution in [3.05, 3.63) is 29.6 Å². The average molecular weight is 186 g/mol. The standard InChI is InChI=1S/C12H14N2/c1-8-5-10-4-3-9(2)14-7-13-11(6-8)12(10)14/h5-7,9H,3-4H2,1-2H3/t9-/m1/s1. The van der Waals surface area contributed by atoms with E-state index in [1.165, 1.54) is 29.5 Å². The van der Waals surface area contributed by atoms with Gasteiger partial charge in [0, 0.05) is 6.04 Å². The van der Waals surface area contributed by atoms with Crippen LogP contribution in [-0.4, -0.2) is 9.55 Å². The summed E-state index contributed by atoms with van der Waals surface area (Å²) < 4.78 is 2.31. The molecule has 1 aromatic carbocycles. The van der Waals surface area contributed by atoms with Crippen molar-refractivity contribution < 1.29 is 0 Å². The van der Waals surface area contributed by atoms with Crippen LogP contribution in [0.5, 0.6) is 0 Å². The van der Waals surface area contributed by atoms with E-state index in [9.17, 15) is 0 Å². The van der Waals surface area contributed by atoms with Gasteiger partial charge in [-0.05, 0) is 43.9 Å². The van der Waals surface area contributed by atoms with Gasteiger partial charge in [-0.3, -0.25) is 0 Å². The van der Waals surface area contributed by atoms with Crippen molar-refractivity contribution in [1.82, 2.24) is 9.55 Å². The van der Waals surface area contributed by atoms with Crippen LogP contribution < -0.4 is 0 Å². The Labute approximate surface area is 83.6 Å². The van der Waals surface area contributed by atoms with Crippen molar-refractivity contribution >= 4 is 11.0 Å². The van der Waals surface area contributed by atoms with Crippen LogP contribution >= 0.6 is 0 Å². The number of nitrogens with zero attached hydrogens (tertiary/aromatic N) is 2. The van der Waals surface area contributed by atoms with Gasteiger partial charge in [-0.2, -0.15) is 0 Å². The van der Waals surface area contributed by atoms with Crippen LogP contribution in [0.3, 0.4) is 0 Å². The molecule has 1 aromatic heterocycles. The predicted octanol–water partition coefficient (Wildman–Crippen LogP) is 2.85. The molecular weight excluding hydrogens is 172 g/mol. The third-order valence-corrected chi connectivity index (χ3v) is 3.20. The summed E-state index contributed by atoms with van der Waals surface area (Å²) in [5.74, 6) is 0. The molecule has 0 radical (unpaired) electrons. The van der Waals surface area contributed by atoms with Gasteiger partial charge in [0.1, 0.15) is 0 Å². The molecule has 0 amide bonds. The molecule has 0 N–H and O–H groups in total. The van der Waals surface area contributed by atoms with Gasteiger partial charge in [0.15, 0.2) is 0 Å². The van der Waals surface area contributed by atoms with Crippen molar-refractivity contribution in [2.75, 3.05) is 0 Å². The Morgan fingerprint density at radius 2 is 2.29 bits per heavy atom. The predicted molar refractivity (Wildman–Crippen MR) is 57.5 cm³/mol. The average Bonchev–Trinajstić information content (AvgIpc) is 2.56. The maximum absolute atomic E-state index is 4.46. The Morgan fingerprint density at radius 3 is 3.14 bits per heavy atom. The number of hydrogen-bond donors (Lipinski definition) is 0. The molecule has 1 aliphatic heterocycles. The molecule has 2 aromatic rings. The van der Waals surface area contributed by atoms with E-state index in [1.54, 1.807) is 0 Å². The molecule has 0 saturated heterocycles. The van der Waals surface area contributed by atoms with Crippen molar-refractivity contribution in [1.29, 1.82) is 0 Å². The Kier molecular flexibility index (Phi) is 1.49. The molecule has 0 spiro atoms. The topological polar surface area (TPSA) is 17.8 Å². The number of aryl methyl sites for hydroxylation is 2. The molecule has 1 atom stereocenters. The van der Waals surface area contributed by atoms with Gasteiger partial charge in [-0.25, -0.2) is 4.98 Å². The highest BCUT2D eigenvalue weighted by Crippen LogP contribution is 2.30. The molecule has 14 heavy (non-hydrogen) atoms. The van der Waals surface area contributed by atoms with E-state index in [2.05, 4.69) is 35.5 Å². The summed E-state index contributed by atoms with van der Waals surface area (Å²) in [6.45, 7) is 4.41. The molecule has 3 rings (SSSR count). The fourth-order valence-electron chi connectivity index (χ4n) is 2.44. The van der Waals surface area contributed by atoms with E-state index in [0.717, 1.165) is 5.52 Å². The number of aromatic nitrogens is 2. The first-order chi connectivity index (χ1) is 6.75. The minimum atomic E-state index is 0.607. The second-order valence-corrected chi connectivity index (χ2v) is 4.33. The number of rotatable bonds is 0. The van der Waals surface area contributed by atoms with E-state index in [1.807, 2.05) is 6.33 Å². The Balaban J connectivity index is 2.43. The van der Waals surface area contributed by atoms with Crippen LogP contribution in [0.15, 0.2) is 18.5 Å². The Bertz CT molecular complexity index is 496. The minimum Gasteiger partial charge on any atom is -0.328 e. The van der Waals surface area contributed by atoms with Crippen LogP contribution in [0.1, 0.15) is 30.5 Å². The van der Waals surface area contributed by atoms with E-state index in [-0.39, 0.29) is 0 Å². The van der Waals surface area contributed by atoms with Crippen molar-refractivity contribution in [3.8, 4) is 0 Å². The second kappa shape index (κ2) is 2.59. The maximum Gasteiger partial charge on any atom is 0.0960 e. The first kappa shape index (κ1) is 8.04. The summed E-state index contributed by atoms with van der Waals surface area (Å²) in [7, 11) is 0. The lowest BCUT2D eigenvalue weighted by atomic mass is 9.98. The minimum absolute atomic E-state index is 0.607. The highest BCUT2D eigenvalue weighted by atomic mass is 15.1. The molecule has 0 bridgehead atoms. The largest absolute Gasteiger partial charge is 0.328 e. The van der Waals surface area contributed by atoms with Crippen LogP contribution in [-0.2, 0) is 6.42 Å². The van der Waals surface area contributed by atoms with Crippen LogP contribution in [0.4, 0.5) is 0 Å². The lowest BCUT2D eigenvalue weighted by Gasteiger charge is -2.21. The van der Waals surface area contributed by atoms with Gasteiger partial charge in [0.2, 0.25) is 0 Å². The van der Waals surface area contributed by atoms with Gasteiger partial charge in [-0.1, -0.05) is 6.07 Å². The number of hydrogen-bond acceptors (Lipinski definition) is 1. The zero-order valence-electron chi connectivity index (χ0n) is 8.62. The Hall–Kier alpha value is -1.31. The smallest absolute Gasteiger partial charge is 0.0960 e. The third-order valence-electron chi connectivity index (χ3n) is 3.20. The number of benzene rings is 1. The van der Waals surface area contributed by atoms with Gasteiger partial charge >= 0.3 is 0 Å². The highest BCUT2D eigenvalue weighted by Gasteiger charge is 2.18. The summed E-state index contributed by atoms with van der Waals surface area (Å²) in [4.78, 5) is 4.46. The highest BCUT2D eigenvalue weighted by molar-refractivity contribution is 5.80. The summed E-state index contributed by atoms with van der Waals surface area (Å²) in [5.41, 5.74) is 5.31. The van der Waals surface area contributed by atoms with Crippen LogP contribution in [0, 0.1) is 6.92 Å². The molecule has 0 aliphatic carbocycles. The lowest BCUT2D eigenvalue weighted by Crippen LogP contribution is -2.11. The normalized spacial score (nSPS) is 20.3. The summed E-state index contributed by atoms with van der Waals surface area (Å²) in [5, 5.41) is 0. The van der Waals surface area contributed by atoms with E-state index in [4.69, 9.17) is 0 Å². The summed E-state index contributed by atoms with van der Waals surface area (Å²) in [6, 6.07) is 5.08. The fourth-order valence-corrected chi connectivity index (χ4v) is 2.44. The van der Waals surface area contributed by atoms with Crippen LogP contribution in [0.25, 0.3) is 11.0 Å². The molecule has 2 nitrogen and oxygen atoms in total. The van der Waals surface area contributed by atoms with Gasteiger partial charge < -0.3 is 4.57 Å². The molecule has 0 saturated carbocycles. The first-order valence-corrected chi connectivity index (χ1v) is 5.22. The molecule has 0 fully saturated rings. The SMILES string of the molecule is Cc1cc2c3c(c1)ncn3[C@H](C)CC2. The summed E-state index contributed by atoms with van der Waals surface area (Å²) >= 11 is 0. The monoisotopic (exact) mass is 186 g/mol. The first-order valence-electron chi connectivity index (χ1n) is 5.22. The molecule has 1 aliphatic rings. The fraction of sp³-hybridized carbons (Fsp3) is 0.417. The molecular formula is C12H14N2. The quantitative estimate of drug-likeness (QED) is 0.618. The van der Waals surface area contributed by atoms with E-state index in [0.29, 0.717) is 6.04 Å². The van der Waals surface area contributed by atoms with Crippen molar-refractivity contribution in [2.24, 2.45) is 0 Å². The van der Waals surface area contributed by atoms with Gasteiger partial charge in [0.05, 0.1) is 17.4 Å². The molecule has 72 valence electrons. The third kappa shape index (κ3) is 0.939. The lowest BCUT2D eigenvalue weighted by molar-refractivity contribution is 0.501. The molecule has 2 heteroatoms. The van der Waals surface area contributed by atoms with Crippen LogP contribution in [0.2, 0.25) is 0 Å². The van der Waals surface area contributed by atoms with E-state index >= 15 is 0 Å². The van der Waals surface area contributed by atoms with Gasteiger partial charge in [0.25, 0.3) is 0 Å².